The fourth-order valence-corrected chi connectivity index (χ4v) is 3.00. The van der Waals surface area contributed by atoms with Gasteiger partial charge in [-0.25, -0.2) is 4.98 Å². The number of rotatable bonds is 8. The number of hydrogen-bond donors (Lipinski definition) is 3. The van der Waals surface area contributed by atoms with Crippen molar-refractivity contribution in [1.29, 1.82) is 0 Å². The summed E-state index contributed by atoms with van der Waals surface area (Å²) in [7, 11) is 0. The fraction of sp³-hybridized carbons (Fsp3) is 0.318. The molecular formula is C22H26N4O3. The molecule has 0 aliphatic rings. The summed E-state index contributed by atoms with van der Waals surface area (Å²) < 4.78 is 5.40. The van der Waals surface area contributed by atoms with Crippen molar-refractivity contribution < 1.29 is 14.3 Å². The first-order valence-corrected chi connectivity index (χ1v) is 9.81. The summed E-state index contributed by atoms with van der Waals surface area (Å²) in [5, 5.41) is 5.64. The maximum absolute atomic E-state index is 12.9. The maximum Gasteiger partial charge on any atom is 0.251 e. The van der Waals surface area contributed by atoms with Gasteiger partial charge in [-0.15, -0.1) is 0 Å². The zero-order valence-corrected chi connectivity index (χ0v) is 16.9. The van der Waals surface area contributed by atoms with E-state index in [9.17, 15) is 9.59 Å². The monoisotopic (exact) mass is 394 g/mol. The van der Waals surface area contributed by atoms with Crippen molar-refractivity contribution in [1.82, 2.24) is 15.3 Å². The Balaban J connectivity index is 1.72. The molecule has 2 amide bonds. The standard InChI is InChI=1S/C22H26N4O3/c1-4-14(3)19(25-20(27)15-10-12-16(13-11-15)29-5-2)21(28)26-22-23-17-8-6-7-9-18(17)24-22/h6-14,19H,4-5H2,1-3H3,(H,25,27)(H2,23,24,26,28). The molecule has 0 spiro atoms. The second kappa shape index (κ2) is 9.23. The Bertz CT molecular complexity index is 948. The summed E-state index contributed by atoms with van der Waals surface area (Å²) in [6, 6.07) is 13.7. The predicted molar refractivity (Wildman–Crippen MR) is 113 cm³/mol. The number of benzene rings is 2. The molecule has 7 nitrogen and oxygen atoms in total. The quantitative estimate of drug-likeness (QED) is 0.542. The highest BCUT2D eigenvalue weighted by atomic mass is 16.5. The number of carbonyl (C=O) groups excluding carboxylic acids is 2. The van der Waals surface area contributed by atoms with Gasteiger partial charge in [0.25, 0.3) is 5.91 Å². The number of ether oxygens (including phenoxy) is 1. The molecule has 3 rings (SSSR count). The van der Waals surface area contributed by atoms with Crippen LogP contribution < -0.4 is 15.4 Å². The van der Waals surface area contributed by atoms with E-state index in [1.165, 1.54) is 0 Å². The number of anilines is 1. The first-order chi connectivity index (χ1) is 14.0. The highest BCUT2D eigenvalue weighted by molar-refractivity contribution is 6.01. The summed E-state index contributed by atoms with van der Waals surface area (Å²) in [5.41, 5.74) is 2.07. The molecule has 1 aromatic heterocycles. The lowest BCUT2D eigenvalue weighted by atomic mass is 9.98. The number of amides is 2. The van der Waals surface area contributed by atoms with E-state index in [2.05, 4.69) is 20.6 Å². The summed E-state index contributed by atoms with van der Waals surface area (Å²) in [4.78, 5) is 33.0. The molecule has 0 bridgehead atoms. The van der Waals surface area contributed by atoms with Crippen LogP contribution in [0.2, 0.25) is 0 Å². The van der Waals surface area contributed by atoms with E-state index < -0.39 is 6.04 Å². The summed E-state index contributed by atoms with van der Waals surface area (Å²) in [6.45, 7) is 6.37. The molecule has 0 fully saturated rings. The van der Waals surface area contributed by atoms with Crippen molar-refractivity contribution in [3.63, 3.8) is 0 Å². The zero-order valence-electron chi connectivity index (χ0n) is 16.9. The molecular weight excluding hydrogens is 368 g/mol. The number of nitrogens with one attached hydrogen (secondary N) is 3. The number of nitrogens with zero attached hydrogens (tertiary/aromatic N) is 1. The first-order valence-electron chi connectivity index (χ1n) is 9.81. The van der Waals surface area contributed by atoms with Crippen molar-refractivity contribution in [3.8, 4) is 5.75 Å². The minimum atomic E-state index is -0.688. The highest BCUT2D eigenvalue weighted by Gasteiger charge is 2.27. The normalized spacial score (nSPS) is 12.9. The van der Waals surface area contributed by atoms with Crippen molar-refractivity contribution in [3.05, 3.63) is 54.1 Å². The van der Waals surface area contributed by atoms with Gasteiger partial charge in [-0.1, -0.05) is 32.4 Å². The molecule has 1 heterocycles. The molecule has 29 heavy (non-hydrogen) atoms. The number of hydrogen-bond acceptors (Lipinski definition) is 4. The number of para-hydroxylation sites is 2. The van der Waals surface area contributed by atoms with Crippen molar-refractivity contribution in [2.24, 2.45) is 5.92 Å². The average molecular weight is 394 g/mol. The lowest BCUT2D eigenvalue weighted by Crippen LogP contribution is -2.47. The fourth-order valence-electron chi connectivity index (χ4n) is 3.00. The van der Waals surface area contributed by atoms with Crippen LogP contribution in [0.3, 0.4) is 0 Å². The Labute approximate surface area is 169 Å². The SMILES string of the molecule is CCOc1ccc(C(=O)NC(C(=O)Nc2nc3ccccc3[nH]2)C(C)CC)cc1. The Morgan fingerprint density at radius 2 is 1.83 bits per heavy atom. The second-order valence-electron chi connectivity index (χ2n) is 6.89. The minimum Gasteiger partial charge on any atom is -0.494 e. The number of carbonyl (C=O) groups is 2. The molecule has 0 saturated heterocycles. The molecule has 0 aliphatic heterocycles. The zero-order chi connectivity index (χ0) is 20.8. The smallest absolute Gasteiger partial charge is 0.251 e. The maximum atomic E-state index is 12.9. The van der Waals surface area contributed by atoms with E-state index in [0.29, 0.717) is 23.9 Å². The Morgan fingerprint density at radius 1 is 1.10 bits per heavy atom. The van der Waals surface area contributed by atoms with Crippen LogP contribution in [-0.4, -0.2) is 34.4 Å². The van der Waals surface area contributed by atoms with Crippen molar-refractivity contribution in [2.45, 2.75) is 33.2 Å². The summed E-state index contributed by atoms with van der Waals surface area (Å²) in [6.07, 6.45) is 0.738. The van der Waals surface area contributed by atoms with Gasteiger partial charge in [-0.3, -0.25) is 14.9 Å². The summed E-state index contributed by atoms with van der Waals surface area (Å²) in [5.74, 6) is 0.395. The molecule has 0 aliphatic carbocycles. The molecule has 3 aromatic rings. The van der Waals surface area contributed by atoms with Gasteiger partial charge in [0.2, 0.25) is 11.9 Å². The molecule has 2 unspecified atom stereocenters. The van der Waals surface area contributed by atoms with Gasteiger partial charge in [-0.2, -0.15) is 0 Å². The van der Waals surface area contributed by atoms with Crippen LogP contribution in [0, 0.1) is 5.92 Å². The van der Waals surface area contributed by atoms with Gasteiger partial charge < -0.3 is 15.0 Å². The van der Waals surface area contributed by atoms with Crippen LogP contribution in [0.15, 0.2) is 48.5 Å². The van der Waals surface area contributed by atoms with Crippen molar-refractivity contribution in [2.75, 3.05) is 11.9 Å². The lowest BCUT2D eigenvalue weighted by molar-refractivity contribution is -0.119. The van der Waals surface area contributed by atoms with E-state index in [1.807, 2.05) is 45.0 Å². The van der Waals surface area contributed by atoms with E-state index in [1.54, 1.807) is 24.3 Å². The molecule has 0 radical (unpaired) electrons. The van der Waals surface area contributed by atoms with Gasteiger partial charge in [0, 0.05) is 5.56 Å². The topological polar surface area (TPSA) is 96.1 Å². The largest absolute Gasteiger partial charge is 0.494 e. The summed E-state index contributed by atoms with van der Waals surface area (Å²) >= 11 is 0. The number of H-pyrrole nitrogens is 1. The van der Waals surface area contributed by atoms with Crippen LogP contribution in [-0.2, 0) is 4.79 Å². The molecule has 2 aromatic carbocycles. The van der Waals surface area contributed by atoms with Gasteiger partial charge >= 0.3 is 0 Å². The third-order valence-corrected chi connectivity index (χ3v) is 4.84. The van der Waals surface area contributed by atoms with Crippen LogP contribution in [0.5, 0.6) is 5.75 Å². The van der Waals surface area contributed by atoms with E-state index in [-0.39, 0.29) is 17.7 Å². The van der Waals surface area contributed by atoms with Gasteiger partial charge in [-0.05, 0) is 49.2 Å². The lowest BCUT2D eigenvalue weighted by Gasteiger charge is -2.23. The van der Waals surface area contributed by atoms with Crippen LogP contribution in [0.4, 0.5) is 5.95 Å². The van der Waals surface area contributed by atoms with E-state index in [4.69, 9.17) is 4.74 Å². The number of aromatic nitrogens is 2. The van der Waals surface area contributed by atoms with Gasteiger partial charge in [0.05, 0.1) is 17.6 Å². The molecule has 3 N–H and O–H groups in total. The molecule has 7 heteroatoms. The molecule has 152 valence electrons. The van der Waals surface area contributed by atoms with E-state index >= 15 is 0 Å². The van der Waals surface area contributed by atoms with Gasteiger partial charge in [0.1, 0.15) is 11.8 Å². The first kappa shape index (κ1) is 20.4. The number of aromatic amines is 1. The van der Waals surface area contributed by atoms with Crippen LogP contribution >= 0.6 is 0 Å². The van der Waals surface area contributed by atoms with Gasteiger partial charge in [0.15, 0.2) is 0 Å². The van der Waals surface area contributed by atoms with Crippen molar-refractivity contribution >= 4 is 28.8 Å². The van der Waals surface area contributed by atoms with Crippen LogP contribution in [0.25, 0.3) is 11.0 Å². The molecule has 2 atom stereocenters. The number of imidazole rings is 1. The Morgan fingerprint density at radius 3 is 2.48 bits per heavy atom. The Kier molecular flexibility index (Phi) is 6.49. The number of fused-ring (bicyclic) bond motifs is 1. The van der Waals surface area contributed by atoms with Crippen LogP contribution in [0.1, 0.15) is 37.6 Å². The third-order valence-electron chi connectivity index (χ3n) is 4.84. The third kappa shape index (κ3) is 4.93. The minimum absolute atomic E-state index is 0.0500. The highest BCUT2D eigenvalue weighted by Crippen LogP contribution is 2.16. The predicted octanol–water partition coefficient (Wildman–Crippen LogP) is 3.74. The van der Waals surface area contributed by atoms with E-state index in [0.717, 1.165) is 17.5 Å². The average Bonchev–Trinajstić information content (AvgIpc) is 3.14. The Hall–Kier alpha value is -3.35. The molecule has 0 saturated carbocycles. The second-order valence-corrected chi connectivity index (χ2v) is 6.89.